The lowest BCUT2D eigenvalue weighted by molar-refractivity contribution is 0.499. The van der Waals surface area contributed by atoms with E-state index in [1.807, 2.05) is 23.6 Å². The lowest BCUT2D eigenvalue weighted by Crippen LogP contribution is -2.30. The van der Waals surface area contributed by atoms with Crippen LogP contribution in [0.1, 0.15) is 23.7 Å². The molecule has 0 saturated carbocycles. The molecule has 0 radical (unpaired) electrons. The van der Waals surface area contributed by atoms with Gasteiger partial charge in [-0.3, -0.25) is 0 Å². The summed E-state index contributed by atoms with van der Waals surface area (Å²) >= 11 is 5.06. The Bertz CT molecular complexity index is 552. The number of aromatic nitrogens is 2. The fraction of sp³-hybridized carbons (Fsp3) is 0.273. The third-order valence-corrected chi connectivity index (χ3v) is 4.15. The zero-order valence-corrected chi connectivity index (χ0v) is 11.6. The van der Waals surface area contributed by atoms with E-state index in [4.69, 9.17) is 11.0 Å². The molecule has 0 saturated heterocycles. The van der Waals surface area contributed by atoms with Crippen molar-refractivity contribution in [1.82, 2.24) is 9.55 Å². The molecule has 17 heavy (non-hydrogen) atoms. The van der Waals surface area contributed by atoms with Crippen molar-refractivity contribution in [2.24, 2.45) is 5.73 Å². The van der Waals surface area contributed by atoms with Crippen molar-refractivity contribution in [2.75, 3.05) is 0 Å². The minimum Gasteiger partial charge on any atom is -0.326 e. The van der Waals surface area contributed by atoms with Crippen LogP contribution in [0.3, 0.4) is 0 Å². The number of rotatable bonds is 3. The van der Waals surface area contributed by atoms with E-state index in [0.29, 0.717) is 5.82 Å². The third kappa shape index (κ3) is 2.41. The van der Waals surface area contributed by atoms with Gasteiger partial charge in [0.2, 0.25) is 5.82 Å². The molecule has 6 heteroatoms. The van der Waals surface area contributed by atoms with Gasteiger partial charge in [0.15, 0.2) is 0 Å². The Labute approximate surface area is 112 Å². The Balaban J connectivity index is 2.47. The van der Waals surface area contributed by atoms with E-state index < -0.39 is 0 Å². The summed E-state index contributed by atoms with van der Waals surface area (Å²) in [6, 6.07) is 5.93. The van der Waals surface area contributed by atoms with E-state index in [0.717, 1.165) is 8.66 Å². The van der Waals surface area contributed by atoms with E-state index >= 15 is 0 Å². The highest BCUT2D eigenvalue weighted by Gasteiger charge is 2.22. The SMILES string of the molecule is CC(N)C(c1ccc(Br)s1)n1ccnc1C#N. The maximum atomic E-state index is 9.01. The van der Waals surface area contributed by atoms with Crippen molar-refractivity contribution in [2.45, 2.75) is 19.0 Å². The van der Waals surface area contributed by atoms with Gasteiger partial charge >= 0.3 is 0 Å². The summed E-state index contributed by atoms with van der Waals surface area (Å²) in [4.78, 5) is 5.12. The standard InChI is InChI=1S/C11H11BrN4S/c1-7(14)11(8-2-3-9(12)17-8)16-5-4-15-10(16)6-13/h2-5,7,11H,14H2,1H3. The number of halogens is 1. The van der Waals surface area contributed by atoms with Crippen LogP contribution in [0, 0.1) is 11.3 Å². The Hall–Kier alpha value is -1.16. The van der Waals surface area contributed by atoms with E-state index in [1.165, 1.54) is 0 Å². The van der Waals surface area contributed by atoms with Gasteiger partial charge in [-0.05, 0) is 35.0 Å². The second-order valence-electron chi connectivity index (χ2n) is 3.72. The van der Waals surface area contributed by atoms with Gasteiger partial charge in [-0.1, -0.05) is 0 Å². The highest BCUT2D eigenvalue weighted by molar-refractivity contribution is 9.11. The van der Waals surface area contributed by atoms with E-state index in [1.54, 1.807) is 23.7 Å². The van der Waals surface area contributed by atoms with Crippen LogP contribution in [0.4, 0.5) is 0 Å². The van der Waals surface area contributed by atoms with E-state index in [9.17, 15) is 0 Å². The zero-order chi connectivity index (χ0) is 12.4. The molecule has 0 spiro atoms. The molecule has 2 aromatic rings. The molecule has 0 aromatic carbocycles. The molecule has 2 unspecified atom stereocenters. The van der Waals surface area contributed by atoms with Crippen LogP contribution in [0.2, 0.25) is 0 Å². The number of hydrogen-bond donors (Lipinski definition) is 1. The smallest absolute Gasteiger partial charge is 0.213 e. The average molecular weight is 311 g/mol. The summed E-state index contributed by atoms with van der Waals surface area (Å²) in [6.07, 6.45) is 3.41. The van der Waals surface area contributed by atoms with Gasteiger partial charge in [-0.25, -0.2) is 4.98 Å². The maximum absolute atomic E-state index is 9.01. The molecular formula is C11H11BrN4S. The van der Waals surface area contributed by atoms with Gasteiger partial charge in [0.1, 0.15) is 6.07 Å². The first-order valence-corrected chi connectivity index (χ1v) is 6.68. The molecule has 0 amide bonds. The molecule has 0 fully saturated rings. The van der Waals surface area contributed by atoms with Gasteiger partial charge in [0, 0.05) is 23.3 Å². The monoisotopic (exact) mass is 310 g/mol. The van der Waals surface area contributed by atoms with Crippen molar-refractivity contribution < 1.29 is 0 Å². The van der Waals surface area contributed by atoms with Gasteiger partial charge in [0.05, 0.1) is 9.83 Å². The topological polar surface area (TPSA) is 67.6 Å². The minimum atomic E-state index is -0.0955. The van der Waals surface area contributed by atoms with Gasteiger partial charge in [0.25, 0.3) is 0 Å². The first-order chi connectivity index (χ1) is 8.13. The van der Waals surface area contributed by atoms with Crippen LogP contribution in [-0.4, -0.2) is 15.6 Å². The number of hydrogen-bond acceptors (Lipinski definition) is 4. The summed E-state index contributed by atoms with van der Waals surface area (Å²) in [5.74, 6) is 0.386. The molecule has 2 aromatic heterocycles. The number of thiophene rings is 1. The fourth-order valence-corrected chi connectivity index (χ4v) is 3.40. The molecule has 2 atom stereocenters. The molecule has 2 N–H and O–H groups in total. The predicted molar refractivity (Wildman–Crippen MR) is 70.7 cm³/mol. The molecule has 4 nitrogen and oxygen atoms in total. The van der Waals surface area contributed by atoms with Crippen molar-refractivity contribution in [3.8, 4) is 6.07 Å². The van der Waals surface area contributed by atoms with Crippen LogP contribution < -0.4 is 5.73 Å². The Morgan fingerprint density at radius 3 is 2.88 bits per heavy atom. The quantitative estimate of drug-likeness (QED) is 0.947. The average Bonchev–Trinajstić information content (AvgIpc) is 2.88. The molecular weight excluding hydrogens is 300 g/mol. The lowest BCUT2D eigenvalue weighted by atomic mass is 10.1. The normalized spacial score (nSPS) is 14.2. The second kappa shape index (κ2) is 5.00. The van der Waals surface area contributed by atoms with Gasteiger partial charge < -0.3 is 10.3 Å². The molecule has 0 aliphatic rings. The van der Waals surface area contributed by atoms with E-state index in [-0.39, 0.29) is 12.1 Å². The molecule has 2 heterocycles. The number of imidazole rings is 1. The summed E-state index contributed by atoms with van der Waals surface area (Å²) in [5, 5.41) is 9.01. The zero-order valence-electron chi connectivity index (χ0n) is 9.17. The number of nitrogens with zero attached hydrogens (tertiary/aromatic N) is 3. The first-order valence-electron chi connectivity index (χ1n) is 5.07. The van der Waals surface area contributed by atoms with Gasteiger partial charge in [-0.2, -0.15) is 5.26 Å². The third-order valence-electron chi connectivity index (χ3n) is 2.45. The first kappa shape index (κ1) is 12.3. The van der Waals surface area contributed by atoms with Crippen LogP contribution in [0.5, 0.6) is 0 Å². The Kier molecular flexibility index (Phi) is 3.62. The molecule has 0 aliphatic carbocycles. The van der Waals surface area contributed by atoms with Crippen LogP contribution in [-0.2, 0) is 0 Å². The highest BCUT2D eigenvalue weighted by Crippen LogP contribution is 2.31. The Morgan fingerprint density at radius 1 is 1.59 bits per heavy atom. The Morgan fingerprint density at radius 2 is 2.35 bits per heavy atom. The molecule has 2 rings (SSSR count). The maximum Gasteiger partial charge on any atom is 0.213 e. The summed E-state index contributed by atoms with van der Waals surface area (Å²) < 4.78 is 2.87. The van der Waals surface area contributed by atoms with Crippen molar-refractivity contribution >= 4 is 27.3 Å². The summed E-state index contributed by atoms with van der Waals surface area (Å²) in [6.45, 7) is 1.93. The number of nitrogens with two attached hydrogens (primary N) is 1. The van der Waals surface area contributed by atoms with E-state index in [2.05, 4.69) is 27.0 Å². The molecule has 88 valence electrons. The largest absolute Gasteiger partial charge is 0.326 e. The fourth-order valence-electron chi connectivity index (χ4n) is 1.76. The van der Waals surface area contributed by atoms with Gasteiger partial charge in [-0.15, -0.1) is 11.3 Å². The number of nitriles is 1. The van der Waals surface area contributed by atoms with Crippen LogP contribution in [0.25, 0.3) is 0 Å². The predicted octanol–water partition coefficient (Wildman–Crippen LogP) is 2.52. The second-order valence-corrected chi connectivity index (χ2v) is 6.21. The van der Waals surface area contributed by atoms with Crippen molar-refractivity contribution in [3.05, 3.63) is 39.0 Å². The summed E-state index contributed by atoms with van der Waals surface area (Å²) in [7, 11) is 0. The van der Waals surface area contributed by atoms with Crippen LogP contribution in [0.15, 0.2) is 28.3 Å². The van der Waals surface area contributed by atoms with Crippen molar-refractivity contribution in [3.63, 3.8) is 0 Å². The highest BCUT2D eigenvalue weighted by atomic mass is 79.9. The molecule has 0 bridgehead atoms. The lowest BCUT2D eigenvalue weighted by Gasteiger charge is -2.21. The molecule has 0 aliphatic heterocycles. The van der Waals surface area contributed by atoms with Crippen LogP contribution >= 0.6 is 27.3 Å². The summed E-state index contributed by atoms with van der Waals surface area (Å²) in [5.41, 5.74) is 6.03. The minimum absolute atomic E-state index is 0.0524. The van der Waals surface area contributed by atoms with Crippen molar-refractivity contribution in [1.29, 1.82) is 5.26 Å².